The van der Waals surface area contributed by atoms with Crippen LogP contribution >= 0.6 is 0 Å². The first-order valence-electron chi connectivity index (χ1n) is 6.21. The van der Waals surface area contributed by atoms with E-state index < -0.39 is 15.1 Å². The van der Waals surface area contributed by atoms with Gasteiger partial charge in [-0.05, 0) is 31.9 Å². The molecule has 0 saturated carbocycles. The number of hydrogen-bond donors (Lipinski definition) is 1. The number of rotatable bonds is 7. The summed E-state index contributed by atoms with van der Waals surface area (Å²) in [6, 6.07) is 8.41. The Balaban J connectivity index is 3.16. The smallest absolute Gasteiger partial charge is 0.185 e. The summed E-state index contributed by atoms with van der Waals surface area (Å²) in [6.07, 6.45) is 4.35. The average Bonchev–Trinajstić information content (AvgIpc) is 2.40. The van der Waals surface area contributed by atoms with Crippen LogP contribution in [0.4, 0.5) is 0 Å². The van der Waals surface area contributed by atoms with Gasteiger partial charge in [0, 0.05) is 0 Å². The average molecular weight is 280 g/mol. The minimum atomic E-state index is -3.42. The van der Waals surface area contributed by atoms with Gasteiger partial charge in [0.15, 0.2) is 9.84 Å². The van der Waals surface area contributed by atoms with Gasteiger partial charge >= 0.3 is 0 Å². The summed E-state index contributed by atoms with van der Waals surface area (Å²) in [6.45, 7) is 5.22. The van der Waals surface area contributed by atoms with Crippen molar-refractivity contribution in [3.8, 4) is 0 Å². The van der Waals surface area contributed by atoms with Crippen molar-refractivity contribution in [2.45, 2.75) is 29.9 Å². The predicted octanol–water partition coefficient (Wildman–Crippen LogP) is 2.73. The molecule has 0 spiro atoms. The Kier molecular flexibility index (Phi) is 5.99. The number of benzene rings is 1. The zero-order chi connectivity index (χ0) is 14.3. The van der Waals surface area contributed by atoms with Crippen molar-refractivity contribution < 1.29 is 13.5 Å². The summed E-state index contributed by atoms with van der Waals surface area (Å²) in [4.78, 5) is 0.315. The van der Waals surface area contributed by atoms with E-state index in [4.69, 9.17) is 5.11 Å². The fraction of sp³-hybridized carbons (Fsp3) is 0.333. The molecular formula is C15H20O3S. The van der Waals surface area contributed by atoms with E-state index in [1.807, 2.05) is 0 Å². The summed E-state index contributed by atoms with van der Waals surface area (Å²) >= 11 is 0. The molecule has 0 fully saturated rings. The summed E-state index contributed by atoms with van der Waals surface area (Å²) in [5, 5.41) is 8.34. The monoisotopic (exact) mass is 280 g/mol. The van der Waals surface area contributed by atoms with E-state index in [0.717, 1.165) is 0 Å². The van der Waals surface area contributed by atoms with Crippen molar-refractivity contribution in [2.24, 2.45) is 0 Å². The second kappa shape index (κ2) is 7.26. The fourth-order valence-electron chi connectivity index (χ4n) is 1.95. The molecule has 1 rings (SSSR count). The number of allylic oxidation sites excluding steroid dienone is 1. The maximum Gasteiger partial charge on any atom is 0.185 e. The van der Waals surface area contributed by atoms with Crippen molar-refractivity contribution in [1.29, 1.82) is 0 Å². The molecule has 0 aliphatic carbocycles. The van der Waals surface area contributed by atoms with Gasteiger partial charge in [0.05, 0.1) is 16.8 Å². The summed E-state index contributed by atoms with van der Waals surface area (Å²) in [7, 11) is -3.42. The molecule has 19 heavy (non-hydrogen) atoms. The highest BCUT2D eigenvalue weighted by molar-refractivity contribution is 7.92. The molecule has 4 heteroatoms. The molecule has 1 aromatic rings. The highest BCUT2D eigenvalue weighted by atomic mass is 32.2. The first-order valence-corrected chi connectivity index (χ1v) is 7.76. The van der Waals surface area contributed by atoms with Gasteiger partial charge in [0.2, 0.25) is 0 Å². The van der Waals surface area contributed by atoms with Gasteiger partial charge in [-0.2, -0.15) is 0 Å². The highest BCUT2D eigenvalue weighted by Gasteiger charge is 2.27. The predicted molar refractivity (Wildman–Crippen MR) is 77.7 cm³/mol. The topological polar surface area (TPSA) is 54.4 Å². The molecule has 0 bridgehead atoms. The molecule has 1 N–H and O–H groups in total. The summed E-state index contributed by atoms with van der Waals surface area (Å²) in [5.41, 5.74) is 0.674. The van der Waals surface area contributed by atoms with Crippen LogP contribution < -0.4 is 0 Å². The number of aliphatic hydroxyl groups is 1. The highest BCUT2D eigenvalue weighted by Crippen LogP contribution is 2.25. The SMILES string of the molecule is C=CCCC(/C(C)=C/CO)S(=O)(=O)c1ccccc1. The molecule has 0 radical (unpaired) electrons. The van der Waals surface area contributed by atoms with Crippen LogP contribution in [0.5, 0.6) is 0 Å². The maximum absolute atomic E-state index is 12.6. The first kappa shape index (κ1) is 15.7. The number of sulfone groups is 1. The van der Waals surface area contributed by atoms with Crippen LogP contribution in [0.15, 0.2) is 59.5 Å². The van der Waals surface area contributed by atoms with E-state index in [1.54, 1.807) is 49.4 Å². The van der Waals surface area contributed by atoms with Crippen LogP contribution in [0.1, 0.15) is 19.8 Å². The lowest BCUT2D eigenvalue weighted by Crippen LogP contribution is -2.23. The molecule has 0 aliphatic rings. The number of hydrogen-bond acceptors (Lipinski definition) is 3. The second-order valence-electron chi connectivity index (χ2n) is 4.34. The zero-order valence-electron chi connectivity index (χ0n) is 11.1. The third kappa shape index (κ3) is 4.04. The lowest BCUT2D eigenvalue weighted by atomic mass is 10.1. The molecule has 0 heterocycles. The Bertz CT molecular complexity index is 530. The lowest BCUT2D eigenvalue weighted by molar-refractivity contribution is 0.341. The van der Waals surface area contributed by atoms with Gasteiger partial charge in [-0.1, -0.05) is 35.9 Å². The zero-order valence-corrected chi connectivity index (χ0v) is 11.9. The van der Waals surface area contributed by atoms with Gasteiger partial charge in [-0.25, -0.2) is 8.42 Å². The third-order valence-corrected chi connectivity index (χ3v) is 5.29. The van der Waals surface area contributed by atoms with Gasteiger partial charge < -0.3 is 5.11 Å². The molecule has 0 amide bonds. The van der Waals surface area contributed by atoms with E-state index in [9.17, 15) is 8.42 Å². The van der Waals surface area contributed by atoms with Gasteiger partial charge in [-0.15, -0.1) is 6.58 Å². The Morgan fingerprint density at radius 1 is 1.37 bits per heavy atom. The molecule has 1 unspecified atom stereocenters. The van der Waals surface area contributed by atoms with E-state index in [-0.39, 0.29) is 6.61 Å². The van der Waals surface area contributed by atoms with E-state index in [2.05, 4.69) is 6.58 Å². The Labute approximate surface area is 115 Å². The maximum atomic E-state index is 12.6. The minimum absolute atomic E-state index is 0.152. The Morgan fingerprint density at radius 3 is 2.53 bits per heavy atom. The lowest BCUT2D eigenvalue weighted by Gasteiger charge is -2.18. The molecule has 0 aliphatic heterocycles. The van der Waals surface area contributed by atoms with Crippen LogP contribution in [-0.4, -0.2) is 25.4 Å². The van der Waals surface area contributed by atoms with Crippen LogP contribution in [-0.2, 0) is 9.84 Å². The van der Waals surface area contributed by atoms with Crippen LogP contribution in [0.2, 0.25) is 0 Å². The van der Waals surface area contributed by atoms with Crippen molar-refractivity contribution in [3.05, 3.63) is 54.6 Å². The second-order valence-corrected chi connectivity index (χ2v) is 6.47. The number of aliphatic hydroxyl groups excluding tert-OH is 1. The Morgan fingerprint density at radius 2 is 2.00 bits per heavy atom. The van der Waals surface area contributed by atoms with Crippen LogP contribution in [0, 0.1) is 0 Å². The van der Waals surface area contributed by atoms with Gasteiger partial charge in [0.1, 0.15) is 0 Å². The summed E-state index contributed by atoms with van der Waals surface area (Å²) < 4.78 is 25.2. The van der Waals surface area contributed by atoms with E-state index >= 15 is 0 Å². The molecular weight excluding hydrogens is 260 g/mol. The molecule has 1 aromatic carbocycles. The van der Waals surface area contributed by atoms with Crippen molar-refractivity contribution >= 4 is 9.84 Å². The molecule has 104 valence electrons. The van der Waals surface area contributed by atoms with Gasteiger partial charge in [0.25, 0.3) is 0 Å². The van der Waals surface area contributed by atoms with Crippen LogP contribution in [0.3, 0.4) is 0 Å². The molecule has 3 nitrogen and oxygen atoms in total. The summed E-state index contributed by atoms with van der Waals surface area (Å²) in [5.74, 6) is 0. The fourth-order valence-corrected chi connectivity index (χ4v) is 3.84. The minimum Gasteiger partial charge on any atom is -0.392 e. The molecule has 0 saturated heterocycles. The van der Waals surface area contributed by atoms with E-state index in [1.165, 1.54) is 0 Å². The van der Waals surface area contributed by atoms with Crippen molar-refractivity contribution in [1.82, 2.24) is 0 Å². The first-order chi connectivity index (χ1) is 9.04. The molecule has 0 aromatic heterocycles. The van der Waals surface area contributed by atoms with Crippen molar-refractivity contribution in [2.75, 3.05) is 6.61 Å². The quantitative estimate of drug-likeness (QED) is 0.781. The van der Waals surface area contributed by atoms with Crippen LogP contribution in [0.25, 0.3) is 0 Å². The van der Waals surface area contributed by atoms with Crippen molar-refractivity contribution in [3.63, 3.8) is 0 Å². The normalized spacial score (nSPS) is 14.1. The standard InChI is InChI=1S/C15H20O3S/c1-3-4-10-15(13(2)11-12-16)19(17,18)14-8-6-5-7-9-14/h3,5-9,11,15-16H,1,4,10,12H2,2H3/b13-11+. The van der Waals surface area contributed by atoms with E-state index in [0.29, 0.717) is 23.3 Å². The third-order valence-electron chi connectivity index (χ3n) is 3.00. The largest absolute Gasteiger partial charge is 0.392 e. The van der Waals surface area contributed by atoms with Gasteiger partial charge in [-0.3, -0.25) is 0 Å². The molecule has 1 atom stereocenters. The Hall–Kier alpha value is -1.39.